The highest BCUT2D eigenvalue weighted by Gasteiger charge is 2.20. The fourth-order valence-electron chi connectivity index (χ4n) is 3.85. The van der Waals surface area contributed by atoms with Gasteiger partial charge in [-0.25, -0.2) is 4.79 Å². The minimum atomic E-state index is -0.589. The molecule has 36 heavy (non-hydrogen) atoms. The van der Waals surface area contributed by atoms with E-state index in [0.717, 1.165) is 27.8 Å². The first-order valence-electron chi connectivity index (χ1n) is 11.8. The molecule has 0 aliphatic carbocycles. The maximum atomic E-state index is 12.6. The van der Waals surface area contributed by atoms with Gasteiger partial charge in [-0.15, -0.1) is 0 Å². The summed E-state index contributed by atoms with van der Waals surface area (Å²) in [5, 5.41) is 6.81. The van der Waals surface area contributed by atoms with E-state index in [1.165, 1.54) is 0 Å². The first-order valence-corrected chi connectivity index (χ1v) is 11.8. The van der Waals surface area contributed by atoms with E-state index in [9.17, 15) is 9.59 Å². The molecule has 1 N–H and O–H groups in total. The van der Waals surface area contributed by atoms with Crippen molar-refractivity contribution >= 4 is 17.7 Å². The van der Waals surface area contributed by atoms with Crippen molar-refractivity contribution in [1.29, 1.82) is 0 Å². The molecule has 0 fully saturated rings. The number of hydrogen-bond acceptors (Lipinski definition) is 6. The van der Waals surface area contributed by atoms with Crippen molar-refractivity contribution in [3.05, 3.63) is 95.7 Å². The van der Waals surface area contributed by atoms with Crippen LogP contribution in [0, 0.1) is 6.92 Å². The Hall–Kier alpha value is -4.39. The summed E-state index contributed by atoms with van der Waals surface area (Å²) in [6.07, 6.45) is -0.770. The third-order valence-electron chi connectivity index (χ3n) is 5.70. The van der Waals surface area contributed by atoms with Crippen LogP contribution in [0.1, 0.15) is 36.8 Å². The van der Waals surface area contributed by atoms with Gasteiger partial charge in [0.05, 0.1) is 13.0 Å². The fourth-order valence-corrected chi connectivity index (χ4v) is 3.85. The normalized spacial score (nSPS) is 11.5. The van der Waals surface area contributed by atoms with Crippen LogP contribution in [0.4, 0.5) is 10.5 Å². The molecule has 0 spiro atoms. The number of hydrogen-bond donors (Lipinski definition) is 1. The van der Waals surface area contributed by atoms with E-state index in [4.69, 9.17) is 14.0 Å². The van der Waals surface area contributed by atoms with E-state index >= 15 is 0 Å². The Labute approximate surface area is 210 Å². The van der Waals surface area contributed by atoms with Crippen LogP contribution >= 0.6 is 0 Å². The summed E-state index contributed by atoms with van der Waals surface area (Å²) in [6, 6.07) is 25.0. The number of esters is 1. The molecule has 0 bridgehead atoms. The molecule has 184 valence electrons. The van der Waals surface area contributed by atoms with E-state index in [1.807, 2.05) is 85.8 Å². The Morgan fingerprint density at radius 1 is 0.944 bits per heavy atom. The van der Waals surface area contributed by atoms with Crippen LogP contribution in [0.25, 0.3) is 22.5 Å². The number of carbonyl (C=O) groups excluding carboxylic acids is 2. The smallest absolute Gasteiger partial charge is 0.412 e. The number of ether oxygens (including phenoxy) is 2. The van der Waals surface area contributed by atoms with Crippen LogP contribution < -0.4 is 5.32 Å². The highest BCUT2D eigenvalue weighted by atomic mass is 16.6. The molecule has 0 aliphatic heterocycles. The molecular formula is C29H28N2O5. The lowest BCUT2D eigenvalue weighted by Gasteiger charge is -2.14. The van der Waals surface area contributed by atoms with Gasteiger partial charge < -0.3 is 14.0 Å². The van der Waals surface area contributed by atoms with Crippen LogP contribution in [0.3, 0.4) is 0 Å². The second-order valence-corrected chi connectivity index (χ2v) is 8.31. The molecule has 4 aromatic rings. The van der Waals surface area contributed by atoms with Crippen molar-refractivity contribution < 1.29 is 23.6 Å². The van der Waals surface area contributed by atoms with Gasteiger partial charge in [-0.2, -0.15) is 0 Å². The third-order valence-corrected chi connectivity index (χ3v) is 5.70. The van der Waals surface area contributed by atoms with Gasteiger partial charge in [-0.1, -0.05) is 84.0 Å². The maximum absolute atomic E-state index is 12.6. The average molecular weight is 485 g/mol. The molecule has 0 unspecified atom stereocenters. The Bertz CT molecular complexity index is 1330. The van der Waals surface area contributed by atoms with Crippen LogP contribution in [-0.2, 0) is 20.7 Å². The zero-order valence-corrected chi connectivity index (χ0v) is 20.5. The summed E-state index contributed by atoms with van der Waals surface area (Å²) in [6.45, 7) is 5.73. The van der Waals surface area contributed by atoms with Crippen molar-refractivity contribution in [3.8, 4) is 22.5 Å². The minimum absolute atomic E-state index is 0.227. The first-order chi connectivity index (χ1) is 17.4. The Kier molecular flexibility index (Phi) is 7.80. The van der Waals surface area contributed by atoms with Crippen molar-refractivity contribution in [2.75, 3.05) is 11.9 Å². The maximum Gasteiger partial charge on any atom is 0.412 e. The molecule has 1 atom stereocenters. The molecule has 7 heteroatoms. The predicted molar refractivity (Wildman–Crippen MR) is 137 cm³/mol. The topological polar surface area (TPSA) is 90.7 Å². The van der Waals surface area contributed by atoms with Gasteiger partial charge in [0.1, 0.15) is 17.5 Å². The van der Waals surface area contributed by atoms with Gasteiger partial charge in [-0.05, 0) is 43.0 Å². The Morgan fingerprint density at radius 2 is 1.67 bits per heavy atom. The van der Waals surface area contributed by atoms with Crippen molar-refractivity contribution in [2.45, 2.75) is 33.3 Å². The lowest BCUT2D eigenvalue weighted by Crippen LogP contribution is -2.16. The number of aromatic nitrogens is 1. The number of nitrogens with zero attached hydrogens (tertiary/aromatic N) is 1. The molecule has 1 aromatic heterocycles. The highest BCUT2D eigenvalue weighted by molar-refractivity contribution is 5.91. The van der Waals surface area contributed by atoms with Gasteiger partial charge in [0.15, 0.2) is 5.76 Å². The molecule has 4 rings (SSSR count). The quantitative estimate of drug-likeness (QED) is 0.279. The summed E-state index contributed by atoms with van der Waals surface area (Å²) < 4.78 is 16.1. The predicted octanol–water partition coefficient (Wildman–Crippen LogP) is 6.73. The van der Waals surface area contributed by atoms with E-state index in [-0.39, 0.29) is 12.4 Å². The lowest BCUT2D eigenvalue weighted by atomic mass is 10.00. The number of aryl methyl sites for hydroxylation is 1. The number of nitrogens with one attached hydrogen (secondary N) is 1. The second kappa shape index (κ2) is 11.4. The van der Waals surface area contributed by atoms with Gasteiger partial charge in [0.2, 0.25) is 0 Å². The monoisotopic (exact) mass is 484 g/mol. The number of anilines is 1. The Morgan fingerprint density at radius 3 is 2.39 bits per heavy atom. The summed E-state index contributed by atoms with van der Waals surface area (Å²) in [5.41, 5.74) is 5.51. The number of carbonyl (C=O) groups is 2. The summed E-state index contributed by atoms with van der Waals surface area (Å²) >= 11 is 0. The van der Waals surface area contributed by atoms with Gasteiger partial charge in [0.25, 0.3) is 0 Å². The standard InChI is InChI=1S/C29H28N2O5/c1-4-34-26(32)18-21-9-8-12-25(17-21)23-13-15-24(16-14-23)28-27(19(2)31-36-28)30-29(33)35-20(3)22-10-6-5-7-11-22/h5-17,20H,4,18H2,1-3H3,(H,30,33)/t20-/m1/s1. The molecule has 7 nitrogen and oxygen atoms in total. The zero-order valence-electron chi connectivity index (χ0n) is 20.5. The van der Waals surface area contributed by atoms with E-state index in [2.05, 4.69) is 10.5 Å². The van der Waals surface area contributed by atoms with Gasteiger partial charge in [-0.3, -0.25) is 10.1 Å². The van der Waals surface area contributed by atoms with Crippen LogP contribution in [0.15, 0.2) is 83.4 Å². The third kappa shape index (κ3) is 5.99. The second-order valence-electron chi connectivity index (χ2n) is 8.31. The summed E-state index contributed by atoms with van der Waals surface area (Å²) in [5.74, 6) is 0.196. The van der Waals surface area contributed by atoms with Crippen LogP contribution in [-0.4, -0.2) is 23.8 Å². The molecule has 3 aromatic carbocycles. The Balaban J connectivity index is 1.48. The van der Waals surface area contributed by atoms with Gasteiger partial charge in [0, 0.05) is 5.56 Å². The largest absolute Gasteiger partial charge is 0.466 e. The highest BCUT2D eigenvalue weighted by Crippen LogP contribution is 2.33. The lowest BCUT2D eigenvalue weighted by molar-refractivity contribution is -0.142. The average Bonchev–Trinajstić information content (AvgIpc) is 3.24. The molecule has 0 radical (unpaired) electrons. The van der Waals surface area contributed by atoms with E-state index in [1.54, 1.807) is 13.8 Å². The first kappa shape index (κ1) is 24.7. The molecular weight excluding hydrogens is 456 g/mol. The van der Waals surface area contributed by atoms with Crippen molar-refractivity contribution in [3.63, 3.8) is 0 Å². The minimum Gasteiger partial charge on any atom is -0.466 e. The molecule has 1 amide bonds. The summed E-state index contributed by atoms with van der Waals surface area (Å²) in [7, 11) is 0. The summed E-state index contributed by atoms with van der Waals surface area (Å²) in [4.78, 5) is 24.4. The van der Waals surface area contributed by atoms with Crippen molar-refractivity contribution in [2.24, 2.45) is 0 Å². The molecule has 0 saturated heterocycles. The van der Waals surface area contributed by atoms with E-state index in [0.29, 0.717) is 23.7 Å². The van der Waals surface area contributed by atoms with E-state index < -0.39 is 12.2 Å². The number of amides is 1. The molecule has 0 saturated carbocycles. The van der Waals surface area contributed by atoms with Crippen LogP contribution in [0.2, 0.25) is 0 Å². The molecule has 1 heterocycles. The SMILES string of the molecule is CCOC(=O)Cc1cccc(-c2ccc(-c3onc(C)c3NC(=O)O[C@H](C)c3ccccc3)cc2)c1. The van der Waals surface area contributed by atoms with Gasteiger partial charge >= 0.3 is 12.1 Å². The number of rotatable bonds is 8. The molecule has 0 aliphatic rings. The zero-order chi connectivity index (χ0) is 25.5. The fraction of sp³-hybridized carbons (Fsp3) is 0.207. The number of benzene rings is 3. The van der Waals surface area contributed by atoms with Crippen LogP contribution in [0.5, 0.6) is 0 Å². The van der Waals surface area contributed by atoms with Crippen molar-refractivity contribution in [1.82, 2.24) is 5.16 Å².